The van der Waals surface area contributed by atoms with Crippen LogP contribution in [0.3, 0.4) is 0 Å². The van der Waals surface area contributed by atoms with Crippen molar-refractivity contribution < 1.29 is 4.79 Å². The number of nitrogens with zero attached hydrogens (tertiary/aromatic N) is 2. The van der Waals surface area contributed by atoms with Crippen molar-refractivity contribution in [2.75, 3.05) is 6.54 Å². The van der Waals surface area contributed by atoms with Gasteiger partial charge in [-0.05, 0) is 48.4 Å². The zero-order valence-electron chi connectivity index (χ0n) is 16.4. The molecule has 3 nitrogen and oxygen atoms in total. The maximum atomic E-state index is 13.1. The molecule has 0 fully saturated rings. The number of rotatable bonds is 9. The molecule has 0 unspecified atom stereocenters. The SMILES string of the molecule is CCCCCN(Cc1cccn1Cc1cccc(Cl)c1)C(=O)c1ccccc1. The van der Waals surface area contributed by atoms with Gasteiger partial charge >= 0.3 is 0 Å². The first kappa shape index (κ1) is 20.2. The maximum Gasteiger partial charge on any atom is 0.254 e. The van der Waals surface area contributed by atoms with E-state index in [1.807, 2.05) is 59.5 Å². The molecule has 0 spiro atoms. The first-order chi connectivity index (χ1) is 13.7. The summed E-state index contributed by atoms with van der Waals surface area (Å²) in [5.41, 5.74) is 3.02. The molecule has 146 valence electrons. The number of carbonyl (C=O) groups excluding carboxylic acids is 1. The van der Waals surface area contributed by atoms with Crippen molar-refractivity contribution in [1.82, 2.24) is 9.47 Å². The number of carbonyl (C=O) groups is 1. The van der Waals surface area contributed by atoms with E-state index in [1.54, 1.807) is 0 Å². The molecule has 0 saturated carbocycles. The smallest absolute Gasteiger partial charge is 0.254 e. The van der Waals surface area contributed by atoms with Gasteiger partial charge in [-0.3, -0.25) is 4.79 Å². The second-order valence-electron chi connectivity index (χ2n) is 7.06. The van der Waals surface area contributed by atoms with Crippen LogP contribution >= 0.6 is 11.6 Å². The predicted octanol–water partition coefficient (Wildman–Crippen LogP) is 6.02. The topological polar surface area (TPSA) is 25.2 Å². The summed E-state index contributed by atoms with van der Waals surface area (Å²) in [6, 6.07) is 21.6. The first-order valence-electron chi connectivity index (χ1n) is 9.90. The van der Waals surface area contributed by atoms with Gasteiger partial charge in [0.15, 0.2) is 0 Å². The molecule has 1 aromatic heterocycles. The van der Waals surface area contributed by atoms with Gasteiger partial charge in [0.05, 0.1) is 6.54 Å². The summed E-state index contributed by atoms with van der Waals surface area (Å²) in [5.74, 6) is 0.0900. The van der Waals surface area contributed by atoms with E-state index < -0.39 is 0 Å². The van der Waals surface area contributed by atoms with Crippen LogP contribution < -0.4 is 0 Å². The quantitative estimate of drug-likeness (QED) is 0.407. The second kappa shape index (κ2) is 10.1. The molecule has 0 N–H and O–H groups in total. The molecule has 0 aliphatic carbocycles. The lowest BCUT2D eigenvalue weighted by atomic mass is 10.1. The van der Waals surface area contributed by atoms with E-state index in [1.165, 1.54) is 0 Å². The van der Waals surface area contributed by atoms with Crippen LogP contribution in [0.5, 0.6) is 0 Å². The third kappa shape index (κ3) is 5.49. The minimum absolute atomic E-state index is 0.0900. The van der Waals surface area contributed by atoms with E-state index in [9.17, 15) is 4.79 Å². The Labute approximate surface area is 172 Å². The summed E-state index contributed by atoms with van der Waals surface area (Å²) in [7, 11) is 0. The largest absolute Gasteiger partial charge is 0.345 e. The highest BCUT2D eigenvalue weighted by Crippen LogP contribution is 2.16. The third-order valence-electron chi connectivity index (χ3n) is 4.86. The van der Waals surface area contributed by atoms with Crippen LogP contribution in [0.25, 0.3) is 0 Å². The molecule has 2 aromatic carbocycles. The normalized spacial score (nSPS) is 10.8. The summed E-state index contributed by atoms with van der Waals surface area (Å²) in [6.45, 7) is 4.29. The first-order valence-corrected chi connectivity index (χ1v) is 10.3. The molecule has 0 radical (unpaired) electrons. The molecule has 0 aliphatic rings. The van der Waals surface area contributed by atoms with Gasteiger partial charge in [-0.1, -0.05) is 61.7 Å². The second-order valence-corrected chi connectivity index (χ2v) is 7.49. The van der Waals surface area contributed by atoms with Crippen LogP contribution in [0.1, 0.15) is 47.8 Å². The van der Waals surface area contributed by atoms with E-state index in [-0.39, 0.29) is 5.91 Å². The van der Waals surface area contributed by atoms with Crippen molar-refractivity contribution in [2.24, 2.45) is 0 Å². The molecule has 28 heavy (non-hydrogen) atoms. The van der Waals surface area contributed by atoms with Gasteiger partial charge in [-0.15, -0.1) is 0 Å². The van der Waals surface area contributed by atoms with Crippen molar-refractivity contribution in [3.05, 3.63) is 94.8 Å². The van der Waals surface area contributed by atoms with E-state index in [2.05, 4.69) is 29.8 Å². The average Bonchev–Trinajstić information content (AvgIpc) is 3.14. The van der Waals surface area contributed by atoms with Crippen LogP contribution in [0, 0.1) is 0 Å². The fourth-order valence-corrected chi connectivity index (χ4v) is 3.56. The Balaban J connectivity index is 1.77. The molecular formula is C24H27ClN2O. The summed E-state index contributed by atoms with van der Waals surface area (Å²) < 4.78 is 2.19. The summed E-state index contributed by atoms with van der Waals surface area (Å²) in [4.78, 5) is 15.0. The molecule has 4 heteroatoms. The maximum absolute atomic E-state index is 13.1. The summed E-state index contributed by atoms with van der Waals surface area (Å²) in [6.07, 6.45) is 5.35. The zero-order chi connectivity index (χ0) is 19.8. The minimum Gasteiger partial charge on any atom is -0.345 e. The zero-order valence-corrected chi connectivity index (χ0v) is 17.1. The fraction of sp³-hybridized carbons (Fsp3) is 0.292. The van der Waals surface area contributed by atoms with Crippen molar-refractivity contribution in [3.8, 4) is 0 Å². The molecular weight excluding hydrogens is 368 g/mol. The van der Waals surface area contributed by atoms with E-state index in [0.29, 0.717) is 6.54 Å². The van der Waals surface area contributed by atoms with Gasteiger partial charge in [0.25, 0.3) is 5.91 Å². The van der Waals surface area contributed by atoms with Crippen LogP contribution in [0.2, 0.25) is 5.02 Å². The number of aromatic nitrogens is 1. The molecule has 3 aromatic rings. The lowest BCUT2D eigenvalue weighted by Crippen LogP contribution is -2.32. The standard InChI is InChI=1S/C24H27ClN2O/c1-2-3-7-15-27(24(28)21-11-5-4-6-12-21)19-23-14-9-16-26(23)18-20-10-8-13-22(25)17-20/h4-6,8-14,16-17H,2-3,7,15,18-19H2,1H3. The number of amides is 1. The Morgan fingerprint density at radius 1 is 1.00 bits per heavy atom. The highest BCUT2D eigenvalue weighted by Gasteiger charge is 2.17. The van der Waals surface area contributed by atoms with Crippen LogP contribution in [-0.2, 0) is 13.1 Å². The molecule has 0 saturated heterocycles. The van der Waals surface area contributed by atoms with Crippen molar-refractivity contribution in [1.29, 1.82) is 0 Å². The molecule has 0 atom stereocenters. The average molecular weight is 395 g/mol. The van der Waals surface area contributed by atoms with Gasteiger partial charge in [0, 0.05) is 35.6 Å². The predicted molar refractivity (Wildman–Crippen MR) is 116 cm³/mol. The Hall–Kier alpha value is -2.52. The fourth-order valence-electron chi connectivity index (χ4n) is 3.34. The van der Waals surface area contributed by atoms with Crippen molar-refractivity contribution >= 4 is 17.5 Å². The lowest BCUT2D eigenvalue weighted by molar-refractivity contribution is 0.0736. The Morgan fingerprint density at radius 2 is 1.82 bits per heavy atom. The Morgan fingerprint density at radius 3 is 2.57 bits per heavy atom. The minimum atomic E-state index is 0.0900. The lowest BCUT2D eigenvalue weighted by Gasteiger charge is -2.24. The van der Waals surface area contributed by atoms with Crippen molar-refractivity contribution in [2.45, 2.75) is 39.3 Å². The number of hydrogen-bond acceptors (Lipinski definition) is 1. The highest BCUT2D eigenvalue weighted by molar-refractivity contribution is 6.30. The summed E-state index contributed by atoms with van der Waals surface area (Å²) in [5, 5.41) is 0.742. The molecule has 1 heterocycles. The summed E-state index contributed by atoms with van der Waals surface area (Å²) >= 11 is 6.13. The Kier molecular flexibility index (Phi) is 7.32. The van der Waals surface area contributed by atoms with Gasteiger partial charge in [0.2, 0.25) is 0 Å². The number of unbranched alkanes of at least 4 members (excludes halogenated alkanes) is 2. The van der Waals surface area contributed by atoms with Crippen LogP contribution in [-0.4, -0.2) is 21.9 Å². The van der Waals surface area contributed by atoms with Gasteiger partial charge < -0.3 is 9.47 Å². The molecule has 0 aliphatic heterocycles. The van der Waals surface area contributed by atoms with Crippen LogP contribution in [0.4, 0.5) is 0 Å². The van der Waals surface area contributed by atoms with E-state index in [0.717, 1.165) is 54.2 Å². The van der Waals surface area contributed by atoms with Crippen LogP contribution in [0.15, 0.2) is 72.9 Å². The van der Waals surface area contributed by atoms with E-state index in [4.69, 9.17) is 11.6 Å². The number of hydrogen-bond donors (Lipinski definition) is 0. The van der Waals surface area contributed by atoms with E-state index >= 15 is 0 Å². The number of benzene rings is 2. The number of halogens is 1. The van der Waals surface area contributed by atoms with Gasteiger partial charge in [-0.25, -0.2) is 0 Å². The highest BCUT2D eigenvalue weighted by atomic mass is 35.5. The van der Waals surface area contributed by atoms with Crippen molar-refractivity contribution in [3.63, 3.8) is 0 Å². The molecule has 1 amide bonds. The Bertz CT molecular complexity index is 888. The molecule has 3 rings (SSSR count). The van der Waals surface area contributed by atoms with Gasteiger partial charge in [0.1, 0.15) is 0 Å². The monoisotopic (exact) mass is 394 g/mol. The van der Waals surface area contributed by atoms with Gasteiger partial charge in [-0.2, -0.15) is 0 Å². The molecule has 0 bridgehead atoms. The third-order valence-corrected chi connectivity index (χ3v) is 5.09.